The average molecular weight is 391 g/mol. The van der Waals surface area contributed by atoms with Gasteiger partial charge in [-0.05, 0) is 76.3 Å². The minimum atomic E-state index is 0.202. The number of piperidine rings is 1. The summed E-state index contributed by atoms with van der Waals surface area (Å²) in [6.45, 7) is 6.10. The van der Waals surface area contributed by atoms with Gasteiger partial charge in [-0.3, -0.25) is 9.69 Å². The van der Waals surface area contributed by atoms with Gasteiger partial charge in [-0.1, -0.05) is 6.42 Å². The first-order valence-corrected chi connectivity index (χ1v) is 11.6. The molecule has 2 aliphatic carbocycles. The van der Waals surface area contributed by atoms with Crippen molar-refractivity contribution < 1.29 is 4.79 Å². The van der Waals surface area contributed by atoms with Gasteiger partial charge in [-0.15, -0.1) is 11.3 Å². The number of nitrogens with one attached hydrogen (secondary N) is 1. The summed E-state index contributed by atoms with van der Waals surface area (Å²) in [5.74, 6) is 2.26. The third-order valence-corrected chi connectivity index (χ3v) is 7.93. The van der Waals surface area contributed by atoms with E-state index >= 15 is 0 Å². The lowest BCUT2D eigenvalue weighted by atomic mass is 9.65. The van der Waals surface area contributed by atoms with Crippen LogP contribution < -0.4 is 11.1 Å². The first kappa shape index (κ1) is 19.3. The number of nitrogens with two attached hydrogens (primary N) is 1. The molecular weight excluding hydrogens is 356 g/mol. The summed E-state index contributed by atoms with van der Waals surface area (Å²) in [6, 6.07) is 0.341. The number of carbonyl (C=O) groups excluding carboxylic acids is 1. The molecule has 2 atom stereocenters. The maximum Gasteiger partial charge on any atom is 0.223 e. The predicted octanol–water partition coefficient (Wildman–Crippen LogP) is 2.93. The molecule has 1 saturated heterocycles. The average Bonchev–Trinajstić information content (AvgIpc) is 3.05. The highest BCUT2D eigenvalue weighted by atomic mass is 32.1. The number of hydrogen-bond acceptors (Lipinski definition) is 5. The first-order chi connectivity index (χ1) is 13.1. The molecule has 0 aromatic carbocycles. The van der Waals surface area contributed by atoms with E-state index in [0.29, 0.717) is 29.7 Å². The lowest BCUT2D eigenvalue weighted by Crippen LogP contribution is -2.49. The quantitative estimate of drug-likeness (QED) is 0.811. The Labute approximate surface area is 167 Å². The lowest BCUT2D eigenvalue weighted by molar-refractivity contribution is -0.128. The Kier molecular flexibility index (Phi) is 6.15. The van der Waals surface area contributed by atoms with E-state index in [2.05, 4.69) is 27.5 Å². The molecule has 4 rings (SSSR count). The normalized spacial score (nSPS) is 32.4. The van der Waals surface area contributed by atoms with Gasteiger partial charge in [0, 0.05) is 30.4 Å². The number of amides is 1. The molecule has 1 aromatic rings. The van der Waals surface area contributed by atoms with Gasteiger partial charge in [-0.25, -0.2) is 4.98 Å². The minimum Gasteiger partial charge on any atom is -0.356 e. The molecule has 6 heteroatoms. The van der Waals surface area contributed by atoms with Gasteiger partial charge in [0.05, 0.1) is 10.7 Å². The summed E-state index contributed by atoms with van der Waals surface area (Å²) in [6.07, 6.45) is 8.10. The number of thiazole rings is 1. The molecule has 1 amide bonds. The summed E-state index contributed by atoms with van der Waals surface area (Å²) >= 11 is 1.73. The van der Waals surface area contributed by atoms with Crippen molar-refractivity contribution in [3.05, 3.63) is 16.1 Å². The Bertz CT molecular complexity index is 626. The largest absolute Gasteiger partial charge is 0.356 e. The van der Waals surface area contributed by atoms with Crippen LogP contribution in [0, 0.1) is 30.6 Å². The van der Waals surface area contributed by atoms with E-state index in [1.807, 2.05) is 0 Å². The summed E-state index contributed by atoms with van der Waals surface area (Å²) in [4.78, 5) is 19.8. The summed E-state index contributed by atoms with van der Waals surface area (Å²) in [7, 11) is 0. The van der Waals surface area contributed by atoms with Crippen LogP contribution in [0.1, 0.15) is 55.6 Å². The third-order valence-electron chi connectivity index (χ3n) is 7.11. The van der Waals surface area contributed by atoms with Gasteiger partial charge < -0.3 is 11.1 Å². The van der Waals surface area contributed by atoms with Crippen LogP contribution in [0.4, 0.5) is 0 Å². The van der Waals surface area contributed by atoms with Crippen LogP contribution in [0.3, 0.4) is 0 Å². The first-order valence-electron chi connectivity index (χ1n) is 10.7. The van der Waals surface area contributed by atoms with Gasteiger partial charge in [0.15, 0.2) is 0 Å². The van der Waals surface area contributed by atoms with E-state index in [9.17, 15) is 4.79 Å². The summed E-state index contributed by atoms with van der Waals surface area (Å²) in [5.41, 5.74) is 7.57. The number of rotatable bonds is 5. The Morgan fingerprint density at radius 1 is 1.26 bits per heavy atom. The van der Waals surface area contributed by atoms with Crippen molar-refractivity contribution in [2.24, 2.45) is 29.4 Å². The number of likely N-dealkylation sites (tertiary alicyclic amines) is 1. The molecule has 3 aliphatic rings. The van der Waals surface area contributed by atoms with E-state index in [1.54, 1.807) is 11.3 Å². The Morgan fingerprint density at radius 3 is 2.59 bits per heavy atom. The second-order valence-corrected chi connectivity index (χ2v) is 10.1. The fraction of sp³-hybridized carbons (Fsp3) is 0.810. The van der Waals surface area contributed by atoms with Crippen molar-refractivity contribution in [1.82, 2.24) is 15.2 Å². The van der Waals surface area contributed by atoms with Crippen LogP contribution in [0.15, 0.2) is 5.38 Å². The SMILES string of the molecule is Cc1nc(CN2CCC(CNC(=O)C3CC4CCCC(C3)C4N)CC2)cs1. The molecule has 1 aromatic heterocycles. The second kappa shape index (κ2) is 8.58. The zero-order chi connectivity index (χ0) is 18.8. The smallest absolute Gasteiger partial charge is 0.223 e. The Balaban J connectivity index is 1.18. The Hall–Kier alpha value is -0.980. The lowest BCUT2D eigenvalue weighted by Gasteiger charge is -2.43. The van der Waals surface area contributed by atoms with E-state index in [0.717, 1.165) is 44.0 Å². The van der Waals surface area contributed by atoms with Crippen LogP contribution in [-0.2, 0) is 11.3 Å². The van der Waals surface area contributed by atoms with Crippen LogP contribution in [0.5, 0.6) is 0 Å². The van der Waals surface area contributed by atoms with E-state index in [1.165, 1.54) is 37.8 Å². The molecule has 2 unspecified atom stereocenters. The highest BCUT2D eigenvalue weighted by Gasteiger charge is 2.40. The van der Waals surface area contributed by atoms with Crippen LogP contribution >= 0.6 is 11.3 Å². The second-order valence-electron chi connectivity index (χ2n) is 9.02. The number of carbonyl (C=O) groups is 1. The molecule has 150 valence electrons. The molecule has 27 heavy (non-hydrogen) atoms. The molecule has 3 fully saturated rings. The third kappa shape index (κ3) is 4.72. The maximum atomic E-state index is 12.7. The summed E-state index contributed by atoms with van der Waals surface area (Å²) < 4.78 is 0. The van der Waals surface area contributed by atoms with E-state index < -0.39 is 0 Å². The van der Waals surface area contributed by atoms with Gasteiger partial charge >= 0.3 is 0 Å². The monoisotopic (exact) mass is 390 g/mol. The van der Waals surface area contributed by atoms with Crippen molar-refractivity contribution in [2.75, 3.05) is 19.6 Å². The highest BCUT2D eigenvalue weighted by molar-refractivity contribution is 7.09. The molecule has 2 heterocycles. The van der Waals surface area contributed by atoms with Crippen LogP contribution in [-0.4, -0.2) is 41.5 Å². The minimum absolute atomic E-state index is 0.202. The van der Waals surface area contributed by atoms with Gasteiger partial charge in [0.25, 0.3) is 0 Å². The Morgan fingerprint density at radius 2 is 1.96 bits per heavy atom. The number of fused-ring (bicyclic) bond motifs is 2. The molecule has 0 spiro atoms. The number of aryl methyl sites for hydroxylation is 1. The van der Waals surface area contributed by atoms with Crippen molar-refractivity contribution in [3.63, 3.8) is 0 Å². The van der Waals surface area contributed by atoms with Gasteiger partial charge in [0.1, 0.15) is 0 Å². The van der Waals surface area contributed by atoms with Gasteiger partial charge in [0.2, 0.25) is 5.91 Å². The molecule has 0 radical (unpaired) electrons. The van der Waals surface area contributed by atoms with Gasteiger partial charge in [-0.2, -0.15) is 0 Å². The van der Waals surface area contributed by atoms with E-state index in [-0.39, 0.29) is 5.92 Å². The fourth-order valence-electron chi connectivity index (χ4n) is 5.45. The number of hydrogen-bond donors (Lipinski definition) is 2. The molecule has 3 N–H and O–H groups in total. The zero-order valence-electron chi connectivity index (χ0n) is 16.5. The molecule has 5 nitrogen and oxygen atoms in total. The molecule has 2 bridgehead atoms. The standard InChI is InChI=1S/C21H34N4OS/c1-14-24-19(13-27-14)12-25-7-5-15(6-8-25)11-23-21(26)18-9-16-3-2-4-17(10-18)20(16)22/h13,15-18,20H,2-12,22H2,1H3,(H,23,26). The van der Waals surface area contributed by atoms with Crippen molar-refractivity contribution in [2.45, 2.75) is 64.5 Å². The number of nitrogens with zero attached hydrogens (tertiary/aromatic N) is 2. The summed E-state index contributed by atoms with van der Waals surface area (Å²) in [5, 5.41) is 6.61. The van der Waals surface area contributed by atoms with Crippen LogP contribution in [0.2, 0.25) is 0 Å². The molecular formula is C21H34N4OS. The van der Waals surface area contributed by atoms with Crippen LogP contribution in [0.25, 0.3) is 0 Å². The maximum absolute atomic E-state index is 12.7. The van der Waals surface area contributed by atoms with Crippen molar-refractivity contribution in [3.8, 4) is 0 Å². The van der Waals surface area contributed by atoms with Crippen molar-refractivity contribution in [1.29, 1.82) is 0 Å². The molecule has 1 aliphatic heterocycles. The molecule has 2 saturated carbocycles. The topological polar surface area (TPSA) is 71.2 Å². The van der Waals surface area contributed by atoms with Crippen molar-refractivity contribution >= 4 is 17.2 Å². The highest BCUT2D eigenvalue weighted by Crippen LogP contribution is 2.41. The fourth-order valence-corrected chi connectivity index (χ4v) is 6.05. The zero-order valence-corrected chi connectivity index (χ0v) is 17.3. The predicted molar refractivity (Wildman–Crippen MR) is 109 cm³/mol. The van der Waals surface area contributed by atoms with E-state index in [4.69, 9.17) is 5.73 Å². The number of aromatic nitrogens is 1.